The number of ether oxygens (including phenoxy) is 1. The SMILES string of the molecule is COC(=O)C1C(C)=N[C@H]2CC=CC(=O)[C@@H]2[C@H]1c1ccc([O-])c([N+](=O)[O-])c1. The Kier molecular flexibility index (Phi) is 4.58. The second-order valence-electron chi connectivity index (χ2n) is 6.41. The minimum Gasteiger partial charge on any atom is -0.868 e. The summed E-state index contributed by atoms with van der Waals surface area (Å²) in [6, 6.07) is 3.35. The molecule has 136 valence electrons. The van der Waals surface area contributed by atoms with Gasteiger partial charge in [-0.25, -0.2) is 0 Å². The van der Waals surface area contributed by atoms with Gasteiger partial charge in [0.15, 0.2) is 5.78 Å². The van der Waals surface area contributed by atoms with Crippen molar-refractivity contribution in [2.75, 3.05) is 7.11 Å². The van der Waals surface area contributed by atoms with Gasteiger partial charge in [-0.05, 0) is 30.7 Å². The van der Waals surface area contributed by atoms with Crippen LogP contribution in [0.5, 0.6) is 5.75 Å². The first-order valence-electron chi connectivity index (χ1n) is 8.13. The lowest BCUT2D eigenvalue weighted by atomic mass is 9.66. The Morgan fingerprint density at radius 2 is 2.08 bits per heavy atom. The van der Waals surface area contributed by atoms with Gasteiger partial charge >= 0.3 is 5.97 Å². The van der Waals surface area contributed by atoms with Gasteiger partial charge in [0.25, 0.3) is 5.69 Å². The third-order valence-corrected chi connectivity index (χ3v) is 4.99. The van der Waals surface area contributed by atoms with Gasteiger partial charge in [-0.3, -0.25) is 24.7 Å². The number of nitrogens with zero attached hydrogens (tertiary/aromatic N) is 2. The molecule has 26 heavy (non-hydrogen) atoms. The lowest BCUT2D eigenvalue weighted by molar-refractivity contribution is -0.398. The molecular formula is C18H17N2O6-. The number of nitro groups is 1. The molecule has 0 saturated carbocycles. The van der Waals surface area contributed by atoms with Crippen molar-refractivity contribution >= 4 is 23.2 Å². The van der Waals surface area contributed by atoms with Gasteiger partial charge in [-0.15, -0.1) is 0 Å². The van der Waals surface area contributed by atoms with Crippen LogP contribution in [0.1, 0.15) is 24.8 Å². The zero-order valence-corrected chi connectivity index (χ0v) is 14.2. The van der Waals surface area contributed by atoms with Crippen molar-refractivity contribution in [1.82, 2.24) is 0 Å². The number of allylic oxidation sites excluding steroid dienone is 1. The van der Waals surface area contributed by atoms with E-state index >= 15 is 0 Å². The van der Waals surface area contributed by atoms with E-state index < -0.39 is 40.1 Å². The van der Waals surface area contributed by atoms with Gasteiger partial charge in [0.2, 0.25) is 0 Å². The molecule has 8 nitrogen and oxygen atoms in total. The van der Waals surface area contributed by atoms with E-state index in [-0.39, 0.29) is 11.8 Å². The molecule has 1 aliphatic heterocycles. The van der Waals surface area contributed by atoms with Crippen LogP contribution in [0, 0.1) is 22.0 Å². The monoisotopic (exact) mass is 357 g/mol. The predicted octanol–water partition coefficient (Wildman–Crippen LogP) is 1.53. The van der Waals surface area contributed by atoms with Crippen molar-refractivity contribution in [2.45, 2.75) is 25.3 Å². The third-order valence-electron chi connectivity index (χ3n) is 4.99. The van der Waals surface area contributed by atoms with Crippen LogP contribution < -0.4 is 5.11 Å². The summed E-state index contributed by atoms with van der Waals surface area (Å²) in [4.78, 5) is 39.9. The Morgan fingerprint density at radius 1 is 1.35 bits per heavy atom. The summed E-state index contributed by atoms with van der Waals surface area (Å²) in [5.41, 5.74) is 0.321. The number of aliphatic imine (C=N–C) groups is 1. The number of esters is 1. The molecule has 4 atom stereocenters. The molecule has 0 spiro atoms. The first kappa shape index (κ1) is 17.8. The number of hydrogen-bond donors (Lipinski definition) is 0. The molecule has 3 rings (SSSR count). The first-order valence-corrected chi connectivity index (χ1v) is 8.13. The molecule has 0 fully saturated rings. The van der Waals surface area contributed by atoms with E-state index in [9.17, 15) is 24.8 Å². The van der Waals surface area contributed by atoms with E-state index in [2.05, 4.69) is 4.99 Å². The van der Waals surface area contributed by atoms with E-state index in [0.29, 0.717) is 17.7 Å². The number of benzene rings is 1. The fourth-order valence-electron chi connectivity index (χ4n) is 3.86. The summed E-state index contributed by atoms with van der Waals surface area (Å²) in [5, 5.41) is 22.9. The quantitative estimate of drug-likeness (QED) is 0.459. The molecule has 1 aromatic rings. The molecular weight excluding hydrogens is 340 g/mol. The highest BCUT2D eigenvalue weighted by Crippen LogP contribution is 2.44. The second-order valence-corrected chi connectivity index (χ2v) is 6.41. The van der Waals surface area contributed by atoms with Crippen molar-refractivity contribution in [2.24, 2.45) is 16.8 Å². The number of nitro benzene ring substituents is 1. The fourth-order valence-corrected chi connectivity index (χ4v) is 3.86. The standard InChI is InChI=1S/C18H18N2O6/c1-9-15(18(23)26-2)16(17-11(19-9)4-3-5-14(17)22)10-6-7-13(21)12(8-10)20(24)25/h3,5-8,11,15-17,21H,4H2,1-2H3/p-1/t11-,15?,16-,17+/m0/s1. The number of hydrogen-bond acceptors (Lipinski definition) is 7. The van der Waals surface area contributed by atoms with Crippen LogP contribution in [-0.4, -0.2) is 35.5 Å². The van der Waals surface area contributed by atoms with E-state index in [1.807, 2.05) is 0 Å². The smallest absolute Gasteiger partial charge is 0.315 e. The highest BCUT2D eigenvalue weighted by Gasteiger charge is 2.48. The maximum absolute atomic E-state index is 12.6. The minimum absolute atomic E-state index is 0.190. The third kappa shape index (κ3) is 2.87. The van der Waals surface area contributed by atoms with Crippen LogP contribution in [0.4, 0.5) is 5.69 Å². The lowest BCUT2D eigenvalue weighted by Crippen LogP contribution is -2.46. The van der Waals surface area contributed by atoms with E-state index in [4.69, 9.17) is 4.74 Å². The van der Waals surface area contributed by atoms with Crippen molar-refractivity contribution < 1.29 is 24.4 Å². The van der Waals surface area contributed by atoms with Gasteiger partial charge in [-0.1, -0.05) is 18.2 Å². The normalized spacial score (nSPS) is 27.5. The molecule has 2 aliphatic rings. The summed E-state index contributed by atoms with van der Waals surface area (Å²) in [5.74, 6) is -3.63. The molecule has 1 aromatic carbocycles. The maximum atomic E-state index is 12.6. The Hall–Kier alpha value is -3.03. The Labute approximate surface area is 149 Å². The molecule has 0 bridgehead atoms. The largest absolute Gasteiger partial charge is 0.868 e. The van der Waals surface area contributed by atoms with Crippen molar-refractivity contribution in [3.63, 3.8) is 0 Å². The van der Waals surface area contributed by atoms with Gasteiger partial charge in [0.05, 0.1) is 24.0 Å². The Balaban J connectivity index is 2.18. The molecule has 0 radical (unpaired) electrons. The van der Waals surface area contributed by atoms with E-state index in [1.165, 1.54) is 19.3 Å². The zero-order valence-electron chi connectivity index (χ0n) is 14.2. The van der Waals surface area contributed by atoms with Crippen molar-refractivity contribution in [3.8, 4) is 5.75 Å². The van der Waals surface area contributed by atoms with Crippen LogP contribution in [0.2, 0.25) is 0 Å². The zero-order chi connectivity index (χ0) is 19.0. The first-order chi connectivity index (χ1) is 12.3. The molecule has 1 heterocycles. The highest BCUT2D eigenvalue weighted by atomic mass is 16.6. The average molecular weight is 357 g/mol. The van der Waals surface area contributed by atoms with Gasteiger partial charge in [-0.2, -0.15) is 0 Å². The molecule has 1 aliphatic carbocycles. The van der Waals surface area contributed by atoms with Crippen LogP contribution in [0.15, 0.2) is 35.3 Å². The average Bonchev–Trinajstić information content (AvgIpc) is 2.60. The van der Waals surface area contributed by atoms with Gasteiger partial charge < -0.3 is 9.84 Å². The molecule has 8 heteroatoms. The molecule has 0 amide bonds. The summed E-state index contributed by atoms with van der Waals surface area (Å²) in [7, 11) is 1.24. The topological polar surface area (TPSA) is 122 Å². The number of rotatable bonds is 3. The summed E-state index contributed by atoms with van der Waals surface area (Å²) >= 11 is 0. The van der Waals surface area contributed by atoms with Gasteiger partial charge in [0, 0.05) is 17.7 Å². The van der Waals surface area contributed by atoms with E-state index in [0.717, 1.165) is 12.1 Å². The number of methoxy groups -OCH3 is 1. The minimum atomic E-state index is -0.839. The molecule has 1 unspecified atom stereocenters. The predicted molar refractivity (Wildman–Crippen MR) is 89.9 cm³/mol. The number of fused-ring (bicyclic) bond motifs is 1. The summed E-state index contributed by atoms with van der Waals surface area (Å²) < 4.78 is 4.88. The Bertz CT molecular complexity index is 844. The van der Waals surface area contributed by atoms with Crippen molar-refractivity contribution in [3.05, 3.63) is 46.0 Å². The van der Waals surface area contributed by atoms with Crippen LogP contribution in [0.3, 0.4) is 0 Å². The number of carbonyl (C=O) groups is 2. The summed E-state index contributed by atoms with van der Waals surface area (Å²) in [6.07, 6.45) is 3.73. The highest BCUT2D eigenvalue weighted by molar-refractivity contribution is 6.05. The van der Waals surface area contributed by atoms with E-state index in [1.54, 1.807) is 13.0 Å². The molecule has 0 N–H and O–H groups in total. The molecule has 0 saturated heterocycles. The molecule has 0 aromatic heterocycles. The maximum Gasteiger partial charge on any atom is 0.315 e. The number of ketones is 1. The lowest BCUT2D eigenvalue weighted by Gasteiger charge is -2.40. The van der Waals surface area contributed by atoms with Gasteiger partial charge in [0.1, 0.15) is 5.92 Å². The Morgan fingerprint density at radius 3 is 2.73 bits per heavy atom. The van der Waals surface area contributed by atoms with Crippen LogP contribution >= 0.6 is 0 Å². The van der Waals surface area contributed by atoms with Crippen molar-refractivity contribution in [1.29, 1.82) is 0 Å². The summed E-state index contributed by atoms with van der Waals surface area (Å²) in [6.45, 7) is 1.68. The second kappa shape index (κ2) is 6.70. The van der Waals surface area contributed by atoms with Crippen LogP contribution in [-0.2, 0) is 14.3 Å². The fraction of sp³-hybridized carbons (Fsp3) is 0.389. The number of carbonyl (C=O) groups excluding carboxylic acids is 2. The van der Waals surface area contributed by atoms with Crippen LogP contribution in [0.25, 0.3) is 0 Å².